The van der Waals surface area contributed by atoms with E-state index in [0.29, 0.717) is 12.1 Å². The molecule has 1 saturated heterocycles. The summed E-state index contributed by atoms with van der Waals surface area (Å²) in [5, 5.41) is 3.56. The first-order chi connectivity index (χ1) is 12.2. The molecule has 1 aromatic rings. The Morgan fingerprint density at radius 3 is 2.52 bits per heavy atom. The van der Waals surface area contributed by atoms with Gasteiger partial charge in [0, 0.05) is 18.2 Å². The van der Waals surface area contributed by atoms with E-state index in [0.717, 1.165) is 50.5 Å². The molecule has 1 unspecified atom stereocenters. The maximum Gasteiger partial charge on any atom is 0.126 e. The molecule has 6 heteroatoms. The Morgan fingerprint density at radius 1 is 1.12 bits per heavy atom. The summed E-state index contributed by atoms with van der Waals surface area (Å²) in [6.45, 7) is 1.78. The number of ether oxygens (including phenoxy) is 1. The second kappa shape index (κ2) is 9.31. The van der Waals surface area contributed by atoms with Gasteiger partial charge >= 0.3 is 0 Å². The average molecular weight is 371 g/mol. The molecule has 0 amide bonds. The minimum Gasteiger partial charge on any atom is -0.377 e. The Balaban J connectivity index is 1.46. The van der Waals surface area contributed by atoms with E-state index in [-0.39, 0.29) is 12.0 Å². The van der Waals surface area contributed by atoms with Crippen molar-refractivity contribution in [1.82, 2.24) is 10.0 Å². The van der Waals surface area contributed by atoms with Crippen molar-refractivity contribution in [2.75, 3.05) is 19.4 Å². The van der Waals surface area contributed by atoms with Gasteiger partial charge < -0.3 is 10.1 Å². The summed E-state index contributed by atoms with van der Waals surface area (Å²) in [6.07, 6.45) is 8.46. The first-order valence-corrected chi connectivity index (χ1v) is 10.5. The largest absolute Gasteiger partial charge is 0.377 e. The van der Waals surface area contributed by atoms with Crippen molar-refractivity contribution in [3.63, 3.8) is 0 Å². The van der Waals surface area contributed by atoms with Crippen molar-refractivity contribution in [3.05, 3.63) is 35.4 Å². The standard InChI is InChI=1S/C19H28F2N2OS/c1-25-23-18-3-2-8-22-19(18)12-24-17-6-4-13(5-7-17)14-9-15(20)11-16(21)10-14/h9-11,13,17-19,22-23H,2-8,12H2,1H3/t13?,17?,18-,19?/m0/s1. The number of nitrogens with one attached hydrogen (secondary N) is 2. The van der Waals surface area contributed by atoms with Crippen LogP contribution in [0.15, 0.2) is 18.2 Å². The van der Waals surface area contributed by atoms with Crippen molar-refractivity contribution < 1.29 is 13.5 Å². The van der Waals surface area contributed by atoms with Crippen LogP contribution < -0.4 is 10.0 Å². The van der Waals surface area contributed by atoms with Crippen LogP contribution in [-0.4, -0.2) is 37.6 Å². The summed E-state index contributed by atoms with van der Waals surface area (Å²) >= 11 is 1.67. The van der Waals surface area contributed by atoms with Crippen molar-refractivity contribution in [3.8, 4) is 0 Å². The zero-order chi connectivity index (χ0) is 17.6. The first kappa shape index (κ1) is 19.1. The van der Waals surface area contributed by atoms with E-state index >= 15 is 0 Å². The summed E-state index contributed by atoms with van der Waals surface area (Å²) < 4.78 is 36.4. The fourth-order valence-electron chi connectivity index (χ4n) is 4.03. The summed E-state index contributed by atoms with van der Waals surface area (Å²) in [7, 11) is 0. The number of hydrogen-bond acceptors (Lipinski definition) is 4. The lowest BCUT2D eigenvalue weighted by molar-refractivity contribution is 0.00536. The summed E-state index contributed by atoms with van der Waals surface area (Å²) in [6, 6.07) is 4.69. The third kappa shape index (κ3) is 5.39. The topological polar surface area (TPSA) is 33.3 Å². The van der Waals surface area contributed by atoms with Gasteiger partial charge in [-0.05, 0) is 74.9 Å². The average Bonchev–Trinajstić information content (AvgIpc) is 2.61. The van der Waals surface area contributed by atoms with Crippen LogP contribution in [0.4, 0.5) is 8.78 Å². The molecule has 2 atom stereocenters. The molecule has 1 aliphatic carbocycles. The number of hydrogen-bond donors (Lipinski definition) is 2. The molecule has 25 heavy (non-hydrogen) atoms. The molecule has 2 aliphatic rings. The minimum absolute atomic E-state index is 0.240. The van der Waals surface area contributed by atoms with Gasteiger partial charge in [-0.25, -0.2) is 8.78 Å². The Bertz CT molecular complexity index is 530. The first-order valence-electron chi connectivity index (χ1n) is 9.25. The van der Waals surface area contributed by atoms with E-state index in [4.69, 9.17) is 4.74 Å². The highest BCUT2D eigenvalue weighted by Crippen LogP contribution is 2.34. The maximum absolute atomic E-state index is 13.4. The molecule has 2 fully saturated rings. The van der Waals surface area contributed by atoms with Gasteiger partial charge in [0.1, 0.15) is 11.6 Å². The Morgan fingerprint density at radius 2 is 1.84 bits per heavy atom. The van der Waals surface area contributed by atoms with Gasteiger partial charge in [0.25, 0.3) is 0 Å². The molecular weight excluding hydrogens is 342 g/mol. The zero-order valence-corrected chi connectivity index (χ0v) is 15.6. The van der Waals surface area contributed by atoms with Crippen LogP contribution in [0.25, 0.3) is 0 Å². The molecule has 3 nitrogen and oxygen atoms in total. The number of benzene rings is 1. The van der Waals surface area contributed by atoms with Crippen LogP contribution in [0.1, 0.15) is 50.0 Å². The molecule has 0 radical (unpaired) electrons. The van der Waals surface area contributed by atoms with Gasteiger partial charge in [0.2, 0.25) is 0 Å². The van der Waals surface area contributed by atoms with Crippen LogP contribution in [0.5, 0.6) is 0 Å². The highest BCUT2D eigenvalue weighted by molar-refractivity contribution is 7.96. The van der Waals surface area contributed by atoms with Gasteiger partial charge in [-0.15, -0.1) is 0 Å². The zero-order valence-electron chi connectivity index (χ0n) is 14.8. The SMILES string of the molecule is CSN[C@H]1CCCNC1COC1CCC(c2cc(F)cc(F)c2)CC1. The molecule has 2 N–H and O–H groups in total. The Labute approximate surface area is 153 Å². The second-order valence-electron chi connectivity index (χ2n) is 7.14. The van der Waals surface area contributed by atoms with E-state index < -0.39 is 11.6 Å². The van der Waals surface area contributed by atoms with Crippen LogP contribution in [0.3, 0.4) is 0 Å². The van der Waals surface area contributed by atoms with Crippen molar-refractivity contribution >= 4 is 11.9 Å². The fourth-order valence-corrected chi connectivity index (χ4v) is 4.62. The van der Waals surface area contributed by atoms with Crippen LogP contribution >= 0.6 is 11.9 Å². The van der Waals surface area contributed by atoms with Gasteiger partial charge in [-0.2, -0.15) is 0 Å². The molecule has 0 aromatic heterocycles. The third-order valence-electron chi connectivity index (χ3n) is 5.40. The second-order valence-corrected chi connectivity index (χ2v) is 7.79. The lowest BCUT2D eigenvalue weighted by Crippen LogP contribution is -2.52. The monoisotopic (exact) mass is 370 g/mol. The van der Waals surface area contributed by atoms with E-state index in [2.05, 4.69) is 16.3 Å². The van der Waals surface area contributed by atoms with E-state index in [1.165, 1.54) is 25.0 Å². The number of halogens is 2. The van der Waals surface area contributed by atoms with Crippen molar-refractivity contribution in [2.24, 2.45) is 0 Å². The molecule has 140 valence electrons. The quantitative estimate of drug-likeness (QED) is 0.742. The molecule has 0 spiro atoms. The van der Waals surface area contributed by atoms with Gasteiger partial charge in [0.15, 0.2) is 0 Å². The Kier molecular flexibility index (Phi) is 7.10. The normalized spacial score (nSPS) is 30.4. The highest BCUT2D eigenvalue weighted by atomic mass is 32.2. The van der Waals surface area contributed by atoms with Crippen molar-refractivity contribution in [2.45, 2.75) is 62.6 Å². The van der Waals surface area contributed by atoms with Gasteiger partial charge in [-0.3, -0.25) is 4.72 Å². The molecule has 3 rings (SSSR count). The van der Waals surface area contributed by atoms with Crippen molar-refractivity contribution in [1.29, 1.82) is 0 Å². The molecule has 1 saturated carbocycles. The van der Waals surface area contributed by atoms with Crippen LogP contribution in [-0.2, 0) is 4.74 Å². The molecule has 0 bridgehead atoms. The third-order valence-corrected chi connectivity index (χ3v) is 5.93. The van der Waals surface area contributed by atoms with Gasteiger partial charge in [0.05, 0.1) is 12.7 Å². The summed E-state index contributed by atoms with van der Waals surface area (Å²) in [5.41, 5.74) is 0.786. The lowest BCUT2D eigenvalue weighted by atomic mass is 9.82. The summed E-state index contributed by atoms with van der Waals surface area (Å²) in [5.74, 6) is -0.725. The smallest absolute Gasteiger partial charge is 0.126 e. The fraction of sp³-hybridized carbons (Fsp3) is 0.684. The van der Waals surface area contributed by atoms with E-state index in [9.17, 15) is 8.78 Å². The van der Waals surface area contributed by atoms with E-state index in [1.807, 2.05) is 0 Å². The molecule has 1 heterocycles. The Hall–Kier alpha value is -0.690. The number of piperidine rings is 1. The molecular formula is C19H28F2N2OS. The molecule has 1 aromatic carbocycles. The van der Waals surface area contributed by atoms with E-state index in [1.54, 1.807) is 11.9 Å². The lowest BCUT2D eigenvalue weighted by Gasteiger charge is -2.35. The summed E-state index contributed by atoms with van der Waals surface area (Å²) in [4.78, 5) is 0. The minimum atomic E-state index is -0.482. The van der Waals surface area contributed by atoms with Crippen LogP contribution in [0, 0.1) is 11.6 Å². The predicted molar refractivity (Wildman–Crippen MR) is 98.8 cm³/mol. The molecule has 1 aliphatic heterocycles. The predicted octanol–water partition coefficient (Wildman–Crippen LogP) is 4.00. The highest BCUT2D eigenvalue weighted by Gasteiger charge is 2.28. The van der Waals surface area contributed by atoms with Gasteiger partial charge in [-0.1, -0.05) is 11.9 Å². The number of rotatable bonds is 6. The maximum atomic E-state index is 13.4. The van der Waals surface area contributed by atoms with Crippen LogP contribution in [0.2, 0.25) is 0 Å².